The van der Waals surface area contributed by atoms with Crippen molar-refractivity contribution in [2.75, 3.05) is 14.2 Å². The lowest BCUT2D eigenvalue weighted by Gasteiger charge is -2.07. The van der Waals surface area contributed by atoms with Gasteiger partial charge in [-0.25, -0.2) is 0 Å². The first kappa shape index (κ1) is 14.1. The molecule has 2 aromatic heterocycles. The zero-order chi connectivity index (χ0) is 15.5. The van der Waals surface area contributed by atoms with Crippen LogP contribution in [0.15, 0.2) is 27.2 Å². The highest BCUT2D eigenvalue weighted by Crippen LogP contribution is 2.32. The summed E-state index contributed by atoms with van der Waals surface area (Å²) in [7, 11) is 3.15. The van der Waals surface area contributed by atoms with E-state index in [0.29, 0.717) is 35.1 Å². The molecule has 0 atom stereocenters. The minimum atomic E-state index is 0.167. The highest BCUT2D eigenvalue weighted by molar-refractivity contribution is 5.66. The Bertz CT molecular complexity index is 781. The predicted octanol–water partition coefficient (Wildman–Crippen LogP) is 2.37. The highest BCUT2D eigenvalue weighted by atomic mass is 16.5. The first-order valence-electron chi connectivity index (χ1n) is 6.64. The van der Waals surface area contributed by atoms with Crippen molar-refractivity contribution >= 4 is 0 Å². The molecule has 3 rings (SSSR count). The SMILES string of the molecule is CCc1noc(-c2nc(-c3ccc(OC)cc3OC)no2)n1. The Labute approximate surface area is 126 Å². The molecule has 0 radical (unpaired) electrons. The quantitative estimate of drug-likeness (QED) is 0.708. The molecular weight excluding hydrogens is 288 g/mol. The maximum absolute atomic E-state index is 5.33. The number of hydrogen-bond donors (Lipinski definition) is 0. The van der Waals surface area contributed by atoms with Crippen molar-refractivity contribution in [1.29, 1.82) is 0 Å². The van der Waals surface area contributed by atoms with Crippen molar-refractivity contribution in [3.05, 3.63) is 24.0 Å². The van der Waals surface area contributed by atoms with Gasteiger partial charge in [-0.05, 0) is 12.1 Å². The monoisotopic (exact) mass is 302 g/mol. The molecule has 0 unspecified atom stereocenters. The van der Waals surface area contributed by atoms with Gasteiger partial charge in [0.15, 0.2) is 5.82 Å². The topological polar surface area (TPSA) is 96.3 Å². The van der Waals surface area contributed by atoms with Crippen LogP contribution < -0.4 is 9.47 Å². The lowest BCUT2D eigenvalue weighted by molar-refractivity contribution is 0.379. The molecule has 22 heavy (non-hydrogen) atoms. The van der Waals surface area contributed by atoms with Gasteiger partial charge < -0.3 is 18.5 Å². The molecule has 0 fully saturated rings. The molecule has 0 amide bonds. The molecule has 0 aliphatic carbocycles. The molecule has 0 aliphatic heterocycles. The van der Waals surface area contributed by atoms with E-state index >= 15 is 0 Å². The van der Waals surface area contributed by atoms with Gasteiger partial charge in [-0.1, -0.05) is 17.2 Å². The van der Waals surface area contributed by atoms with Crippen LogP contribution in [0.4, 0.5) is 0 Å². The number of nitrogens with zero attached hydrogens (tertiary/aromatic N) is 4. The Morgan fingerprint density at radius 3 is 2.45 bits per heavy atom. The van der Waals surface area contributed by atoms with Crippen molar-refractivity contribution in [2.45, 2.75) is 13.3 Å². The average molecular weight is 302 g/mol. The number of methoxy groups -OCH3 is 2. The van der Waals surface area contributed by atoms with E-state index < -0.39 is 0 Å². The lowest BCUT2D eigenvalue weighted by atomic mass is 10.2. The van der Waals surface area contributed by atoms with Gasteiger partial charge in [-0.2, -0.15) is 9.97 Å². The van der Waals surface area contributed by atoms with E-state index in [1.54, 1.807) is 32.4 Å². The molecule has 2 heterocycles. The third-order valence-corrected chi connectivity index (χ3v) is 3.04. The minimum Gasteiger partial charge on any atom is -0.497 e. The van der Waals surface area contributed by atoms with Crippen molar-refractivity contribution in [2.24, 2.45) is 0 Å². The van der Waals surface area contributed by atoms with Gasteiger partial charge >= 0.3 is 11.8 Å². The standard InChI is InChI=1S/C14H14N4O4/c1-4-11-15-13(21-17-11)14-16-12(18-22-14)9-6-5-8(19-2)7-10(9)20-3/h5-7H,4H2,1-3H3. The van der Waals surface area contributed by atoms with Crippen LogP contribution >= 0.6 is 0 Å². The van der Waals surface area contributed by atoms with E-state index in [9.17, 15) is 0 Å². The molecule has 8 heteroatoms. The summed E-state index contributed by atoms with van der Waals surface area (Å²) < 4.78 is 20.7. The smallest absolute Gasteiger partial charge is 0.316 e. The van der Waals surface area contributed by atoms with Crippen molar-refractivity contribution in [3.63, 3.8) is 0 Å². The van der Waals surface area contributed by atoms with Crippen LogP contribution in [0.3, 0.4) is 0 Å². The fraction of sp³-hybridized carbons (Fsp3) is 0.286. The molecule has 8 nitrogen and oxygen atoms in total. The van der Waals surface area contributed by atoms with Gasteiger partial charge in [0.05, 0.1) is 19.8 Å². The second kappa shape index (κ2) is 5.84. The average Bonchev–Trinajstić information content (AvgIpc) is 3.22. The van der Waals surface area contributed by atoms with Crippen LogP contribution in [0.25, 0.3) is 23.2 Å². The molecule has 1 aromatic carbocycles. The Morgan fingerprint density at radius 2 is 1.77 bits per heavy atom. The van der Waals surface area contributed by atoms with Crippen LogP contribution in [0.2, 0.25) is 0 Å². The van der Waals surface area contributed by atoms with Crippen molar-refractivity contribution in [1.82, 2.24) is 20.3 Å². The Kier molecular flexibility index (Phi) is 3.73. The van der Waals surface area contributed by atoms with Crippen LogP contribution in [-0.4, -0.2) is 34.5 Å². The van der Waals surface area contributed by atoms with E-state index in [1.807, 2.05) is 6.92 Å². The third-order valence-electron chi connectivity index (χ3n) is 3.04. The largest absolute Gasteiger partial charge is 0.497 e. The van der Waals surface area contributed by atoms with Crippen LogP contribution in [-0.2, 0) is 6.42 Å². The van der Waals surface area contributed by atoms with Gasteiger partial charge in [0.1, 0.15) is 11.5 Å². The minimum absolute atomic E-state index is 0.167. The summed E-state index contributed by atoms with van der Waals surface area (Å²) in [6.07, 6.45) is 0.663. The molecule has 114 valence electrons. The van der Waals surface area contributed by atoms with Gasteiger partial charge in [-0.3, -0.25) is 0 Å². The summed E-state index contributed by atoms with van der Waals surface area (Å²) in [5.41, 5.74) is 0.675. The number of benzene rings is 1. The maximum Gasteiger partial charge on any atom is 0.316 e. The number of rotatable bonds is 5. The summed E-state index contributed by atoms with van der Waals surface area (Å²) in [6.45, 7) is 1.93. The molecule has 0 spiro atoms. The molecule has 0 saturated carbocycles. The summed E-state index contributed by atoms with van der Waals surface area (Å²) in [4.78, 5) is 8.42. The molecule has 0 saturated heterocycles. The zero-order valence-electron chi connectivity index (χ0n) is 12.4. The van der Waals surface area contributed by atoms with E-state index in [4.69, 9.17) is 18.5 Å². The molecule has 0 N–H and O–H groups in total. The summed E-state index contributed by atoms with van der Waals surface area (Å²) in [6, 6.07) is 5.32. The Hall–Kier alpha value is -2.90. The fourth-order valence-corrected chi connectivity index (χ4v) is 1.89. The normalized spacial score (nSPS) is 10.7. The number of hydrogen-bond acceptors (Lipinski definition) is 8. The lowest BCUT2D eigenvalue weighted by Crippen LogP contribution is -1.91. The predicted molar refractivity (Wildman–Crippen MR) is 75.5 cm³/mol. The van der Waals surface area contributed by atoms with Crippen molar-refractivity contribution in [3.8, 4) is 34.7 Å². The van der Waals surface area contributed by atoms with Crippen molar-refractivity contribution < 1.29 is 18.5 Å². The van der Waals surface area contributed by atoms with E-state index in [1.165, 1.54) is 0 Å². The van der Waals surface area contributed by atoms with Crippen LogP contribution in [0.5, 0.6) is 11.5 Å². The van der Waals surface area contributed by atoms with Gasteiger partial charge in [0.25, 0.3) is 0 Å². The molecule has 0 bridgehead atoms. The zero-order valence-corrected chi connectivity index (χ0v) is 12.4. The summed E-state index contributed by atoms with van der Waals surface area (Å²) in [5, 5.41) is 7.72. The molecule has 0 aliphatic rings. The van der Waals surface area contributed by atoms with Gasteiger partial charge in [-0.15, -0.1) is 0 Å². The second-order valence-electron chi connectivity index (χ2n) is 4.36. The fourth-order valence-electron chi connectivity index (χ4n) is 1.89. The highest BCUT2D eigenvalue weighted by Gasteiger charge is 2.19. The van der Waals surface area contributed by atoms with E-state index in [-0.39, 0.29) is 11.8 Å². The Balaban J connectivity index is 1.96. The summed E-state index contributed by atoms with van der Waals surface area (Å²) >= 11 is 0. The number of aromatic nitrogens is 4. The second-order valence-corrected chi connectivity index (χ2v) is 4.36. The maximum atomic E-state index is 5.33. The van der Waals surface area contributed by atoms with Gasteiger partial charge in [0, 0.05) is 12.5 Å². The van der Waals surface area contributed by atoms with Crippen LogP contribution in [0.1, 0.15) is 12.7 Å². The van der Waals surface area contributed by atoms with E-state index in [2.05, 4.69) is 20.3 Å². The molecule has 3 aromatic rings. The first-order valence-corrected chi connectivity index (χ1v) is 6.64. The van der Waals surface area contributed by atoms with E-state index in [0.717, 1.165) is 0 Å². The molecular formula is C14H14N4O4. The number of aryl methyl sites for hydroxylation is 1. The summed E-state index contributed by atoms with van der Waals surface area (Å²) in [5.74, 6) is 2.56. The first-order chi connectivity index (χ1) is 10.7. The Morgan fingerprint density at radius 1 is 1.00 bits per heavy atom. The third kappa shape index (κ3) is 2.50. The number of ether oxygens (including phenoxy) is 2. The van der Waals surface area contributed by atoms with Crippen LogP contribution in [0, 0.1) is 0 Å². The van der Waals surface area contributed by atoms with Gasteiger partial charge in [0.2, 0.25) is 5.82 Å².